The number of thioether (sulfide) groups is 1. The van der Waals surface area contributed by atoms with Crippen LogP contribution >= 0.6 is 11.8 Å². The molecule has 2 aliphatic heterocycles. The van der Waals surface area contributed by atoms with E-state index in [1.807, 2.05) is 0 Å². The van der Waals surface area contributed by atoms with Gasteiger partial charge in [0.15, 0.2) is 0 Å². The molecule has 3 rings (SSSR count). The molecule has 1 aromatic heterocycles. The third-order valence-corrected chi connectivity index (χ3v) is 4.97. The van der Waals surface area contributed by atoms with Crippen LogP contribution in [-0.4, -0.2) is 27.1 Å². The van der Waals surface area contributed by atoms with Gasteiger partial charge in [-0.1, -0.05) is 0 Å². The number of aromatic nitrogens is 2. The van der Waals surface area contributed by atoms with Gasteiger partial charge in [0, 0.05) is 25.2 Å². The molecule has 1 aromatic rings. The summed E-state index contributed by atoms with van der Waals surface area (Å²) in [5.74, 6) is 4.79. The van der Waals surface area contributed by atoms with Crippen LogP contribution in [0.15, 0.2) is 6.20 Å². The van der Waals surface area contributed by atoms with E-state index in [1.54, 1.807) is 0 Å². The van der Waals surface area contributed by atoms with Crippen LogP contribution in [-0.2, 0) is 19.4 Å². The van der Waals surface area contributed by atoms with Gasteiger partial charge in [-0.05, 0) is 43.1 Å². The third kappa shape index (κ3) is 2.68. The van der Waals surface area contributed by atoms with E-state index in [9.17, 15) is 0 Å². The largest absolute Gasteiger partial charge is 0.333 e. The van der Waals surface area contributed by atoms with Gasteiger partial charge >= 0.3 is 0 Å². The molecule has 0 aromatic carbocycles. The summed E-state index contributed by atoms with van der Waals surface area (Å²) in [6, 6.07) is 0.329. The summed E-state index contributed by atoms with van der Waals surface area (Å²) >= 11 is 2.09. The summed E-state index contributed by atoms with van der Waals surface area (Å²) in [5, 5.41) is 0. The van der Waals surface area contributed by atoms with E-state index in [1.165, 1.54) is 42.3 Å². The zero-order chi connectivity index (χ0) is 11.7. The van der Waals surface area contributed by atoms with Crippen molar-refractivity contribution in [3.05, 3.63) is 17.7 Å². The van der Waals surface area contributed by atoms with Crippen molar-refractivity contribution in [2.75, 3.05) is 11.5 Å². The molecule has 2 N–H and O–H groups in total. The zero-order valence-electron chi connectivity index (χ0n) is 10.3. The highest BCUT2D eigenvalue weighted by atomic mass is 32.2. The number of aryl methyl sites for hydroxylation is 1. The zero-order valence-corrected chi connectivity index (χ0v) is 11.1. The first-order chi connectivity index (χ1) is 8.31. The van der Waals surface area contributed by atoms with Gasteiger partial charge < -0.3 is 10.3 Å². The highest BCUT2D eigenvalue weighted by Crippen LogP contribution is 2.26. The maximum absolute atomic E-state index is 5.99. The summed E-state index contributed by atoms with van der Waals surface area (Å²) in [6.45, 7) is 0.961. The molecule has 1 unspecified atom stereocenters. The predicted octanol–water partition coefficient (Wildman–Crippen LogP) is 1.84. The lowest BCUT2D eigenvalue weighted by atomic mass is 9.97. The average Bonchev–Trinajstić information content (AvgIpc) is 2.71. The molecule has 4 heteroatoms. The number of hydrogen-bond donors (Lipinski definition) is 1. The van der Waals surface area contributed by atoms with Crippen molar-refractivity contribution >= 4 is 11.8 Å². The van der Waals surface area contributed by atoms with Gasteiger partial charge in [-0.25, -0.2) is 4.98 Å². The molecule has 3 heterocycles. The summed E-state index contributed by atoms with van der Waals surface area (Å²) < 4.78 is 2.28. The van der Waals surface area contributed by atoms with E-state index in [2.05, 4.69) is 22.5 Å². The molecule has 94 valence electrons. The highest BCUT2D eigenvalue weighted by Gasteiger charge is 2.20. The molecule has 1 fully saturated rings. The maximum Gasteiger partial charge on any atom is 0.109 e. The van der Waals surface area contributed by atoms with Crippen molar-refractivity contribution in [2.45, 2.75) is 44.7 Å². The van der Waals surface area contributed by atoms with Crippen molar-refractivity contribution in [1.82, 2.24) is 9.55 Å². The fraction of sp³-hybridized carbons (Fsp3) is 0.769. The standard InChI is InChI=1S/C13H21N3S/c14-11-1-2-13-15-12(9-16(13)8-11)7-10-3-5-17-6-4-10/h9-11H,1-8,14H2. The van der Waals surface area contributed by atoms with Gasteiger partial charge in [-0.15, -0.1) is 0 Å². The van der Waals surface area contributed by atoms with E-state index in [-0.39, 0.29) is 0 Å². The summed E-state index contributed by atoms with van der Waals surface area (Å²) in [4.78, 5) is 4.78. The molecular formula is C13H21N3S. The molecule has 0 radical (unpaired) electrons. The molecule has 0 spiro atoms. The van der Waals surface area contributed by atoms with E-state index < -0.39 is 0 Å². The molecule has 0 bridgehead atoms. The van der Waals surface area contributed by atoms with Crippen molar-refractivity contribution in [3.63, 3.8) is 0 Å². The van der Waals surface area contributed by atoms with Crippen molar-refractivity contribution < 1.29 is 0 Å². The molecule has 1 saturated heterocycles. The molecule has 2 aliphatic rings. The minimum absolute atomic E-state index is 0.329. The maximum atomic E-state index is 5.99. The summed E-state index contributed by atoms with van der Waals surface area (Å²) in [7, 11) is 0. The van der Waals surface area contributed by atoms with Gasteiger partial charge in [0.05, 0.1) is 5.69 Å². The highest BCUT2D eigenvalue weighted by molar-refractivity contribution is 7.99. The van der Waals surface area contributed by atoms with E-state index in [0.29, 0.717) is 6.04 Å². The fourth-order valence-electron chi connectivity index (χ4n) is 2.87. The average molecular weight is 251 g/mol. The Morgan fingerprint density at radius 1 is 1.35 bits per heavy atom. The third-order valence-electron chi connectivity index (χ3n) is 3.92. The Morgan fingerprint density at radius 2 is 2.18 bits per heavy atom. The van der Waals surface area contributed by atoms with Gasteiger partial charge in [0.25, 0.3) is 0 Å². The molecule has 0 amide bonds. The number of nitrogens with zero attached hydrogens (tertiary/aromatic N) is 2. The van der Waals surface area contributed by atoms with Crippen LogP contribution in [0.4, 0.5) is 0 Å². The lowest BCUT2D eigenvalue weighted by Crippen LogP contribution is -2.31. The quantitative estimate of drug-likeness (QED) is 0.872. The molecule has 0 saturated carbocycles. The summed E-state index contributed by atoms with van der Waals surface area (Å²) in [6.07, 6.45) is 8.31. The fourth-order valence-corrected chi connectivity index (χ4v) is 4.08. The second-order valence-electron chi connectivity index (χ2n) is 5.36. The molecule has 1 atom stereocenters. The van der Waals surface area contributed by atoms with Crippen molar-refractivity contribution in [1.29, 1.82) is 0 Å². The Bertz CT molecular complexity index is 382. The minimum atomic E-state index is 0.329. The Kier molecular flexibility index (Phi) is 3.43. The van der Waals surface area contributed by atoms with Gasteiger partial charge in [-0.2, -0.15) is 11.8 Å². The van der Waals surface area contributed by atoms with Crippen LogP contribution in [0.2, 0.25) is 0 Å². The lowest BCUT2D eigenvalue weighted by Gasteiger charge is -2.20. The summed E-state index contributed by atoms with van der Waals surface area (Å²) in [5.41, 5.74) is 7.29. The van der Waals surface area contributed by atoms with Crippen molar-refractivity contribution in [2.24, 2.45) is 11.7 Å². The van der Waals surface area contributed by atoms with Crippen LogP contribution in [0.3, 0.4) is 0 Å². The Labute approximate surface area is 107 Å². The first-order valence-corrected chi connectivity index (χ1v) is 7.85. The smallest absolute Gasteiger partial charge is 0.109 e. The van der Waals surface area contributed by atoms with Crippen LogP contribution in [0.1, 0.15) is 30.8 Å². The van der Waals surface area contributed by atoms with Gasteiger partial charge in [0.2, 0.25) is 0 Å². The first kappa shape index (κ1) is 11.6. The first-order valence-electron chi connectivity index (χ1n) is 6.69. The second-order valence-corrected chi connectivity index (χ2v) is 6.58. The Hall–Kier alpha value is -0.480. The monoisotopic (exact) mass is 251 g/mol. The van der Waals surface area contributed by atoms with E-state index >= 15 is 0 Å². The Morgan fingerprint density at radius 3 is 3.00 bits per heavy atom. The topological polar surface area (TPSA) is 43.8 Å². The number of nitrogens with two attached hydrogens (primary N) is 1. The molecule has 3 nitrogen and oxygen atoms in total. The number of imidazole rings is 1. The normalized spacial score (nSPS) is 25.8. The molecule has 0 aliphatic carbocycles. The second kappa shape index (κ2) is 5.02. The van der Waals surface area contributed by atoms with E-state index in [0.717, 1.165) is 25.3 Å². The van der Waals surface area contributed by atoms with Crippen LogP contribution < -0.4 is 5.73 Å². The predicted molar refractivity (Wildman–Crippen MR) is 72.3 cm³/mol. The van der Waals surface area contributed by atoms with Gasteiger partial charge in [-0.3, -0.25) is 0 Å². The number of rotatable bonds is 2. The molecular weight excluding hydrogens is 230 g/mol. The van der Waals surface area contributed by atoms with Crippen LogP contribution in [0.25, 0.3) is 0 Å². The van der Waals surface area contributed by atoms with E-state index in [4.69, 9.17) is 10.7 Å². The number of fused-ring (bicyclic) bond motifs is 1. The number of hydrogen-bond acceptors (Lipinski definition) is 3. The lowest BCUT2D eigenvalue weighted by molar-refractivity contribution is 0.453. The van der Waals surface area contributed by atoms with Gasteiger partial charge in [0.1, 0.15) is 5.82 Å². The Balaban J connectivity index is 1.67. The van der Waals surface area contributed by atoms with Crippen LogP contribution in [0, 0.1) is 5.92 Å². The SMILES string of the molecule is NC1CCc2nc(CC3CCSCC3)cn2C1. The van der Waals surface area contributed by atoms with Crippen molar-refractivity contribution in [3.8, 4) is 0 Å². The molecule has 17 heavy (non-hydrogen) atoms. The minimum Gasteiger partial charge on any atom is -0.333 e. The van der Waals surface area contributed by atoms with Crippen LogP contribution in [0.5, 0.6) is 0 Å².